The minimum atomic E-state index is -3.41. The van der Waals surface area contributed by atoms with Gasteiger partial charge < -0.3 is 10.1 Å². The lowest BCUT2D eigenvalue weighted by atomic mass is 10.0. The molecular weight excluding hydrogens is 392 g/mol. The predicted molar refractivity (Wildman–Crippen MR) is 111 cm³/mol. The number of carbonyl (C=O) groups excluding carboxylic acids is 1. The highest BCUT2D eigenvalue weighted by Crippen LogP contribution is 2.23. The summed E-state index contributed by atoms with van der Waals surface area (Å²) in [5, 5.41) is 7.14. The highest BCUT2D eigenvalue weighted by atomic mass is 32.2. The number of aromatic nitrogens is 2. The van der Waals surface area contributed by atoms with Gasteiger partial charge in [0.05, 0.1) is 42.1 Å². The summed E-state index contributed by atoms with van der Waals surface area (Å²) in [6.45, 7) is 7.59. The molecule has 1 amide bonds. The molecule has 158 valence electrons. The molecule has 0 unspecified atom stereocenters. The lowest BCUT2D eigenvalue weighted by Gasteiger charge is -2.26. The van der Waals surface area contributed by atoms with Crippen LogP contribution in [0, 0.1) is 6.92 Å². The van der Waals surface area contributed by atoms with Crippen molar-refractivity contribution in [3.8, 4) is 5.69 Å². The molecule has 1 saturated heterocycles. The van der Waals surface area contributed by atoms with Crippen LogP contribution in [-0.2, 0) is 14.8 Å². The van der Waals surface area contributed by atoms with Crippen molar-refractivity contribution in [3.05, 3.63) is 47.3 Å². The van der Waals surface area contributed by atoms with E-state index in [0.717, 1.165) is 16.9 Å². The predicted octanol–water partition coefficient (Wildman–Crippen LogP) is 1.70. The summed E-state index contributed by atoms with van der Waals surface area (Å²) in [5.41, 5.74) is 3.28. The van der Waals surface area contributed by atoms with Crippen LogP contribution in [0.5, 0.6) is 0 Å². The Morgan fingerprint density at radius 2 is 1.86 bits per heavy atom. The number of amides is 1. The van der Waals surface area contributed by atoms with Gasteiger partial charge in [0, 0.05) is 19.6 Å². The summed E-state index contributed by atoms with van der Waals surface area (Å²) in [7, 11) is -3.41. The van der Waals surface area contributed by atoms with Crippen molar-refractivity contribution >= 4 is 15.9 Å². The molecule has 0 radical (unpaired) electrons. The summed E-state index contributed by atoms with van der Waals surface area (Å²) in [6, 6.07) is 7.92. The smallest absolute Gasteiger partial charge is 0.254 e. The van der Waals surface area contributed by atoms with Crippen LogP contribution in [0.15, 0.2) is 30.5 Å². The van der Waals surface area contributed by atoms with Gasteiger partial charge in [-0.05, 0) is 25.0 Å². The first-order valence-electron chi connectivity index (χ1n) is 9.78. The number of nitrogens with one attached hydrogen (secondary N) is 1. The second kappa shape index (κ2) is 9.06. The molecule has 1 aromatic carbocycles. The molecule has 0 saturated carbocycles. The minimum Gasteiger partial charge on any atom is -0.379 e. The third-order valence-electron chi connectivity index (χ3n) is 4.89. The van der Waals surface area contributed by atoms with E-state index in [4.69, 9.17) is 4.74 Å². The molecule has 0 aliphatic carbocycles. The van der Waals surface area contributed by atoms with Crippen LogP contribution in [0.25, 0.3) is 5.69 Å². The number of aryl methyl sites for hydroxylation is 1. The molecule has 3 rings (SSSR count). The SMILES string of the molecule is Cc1ccc(-n2ncc(C(=O)NCCS(=O)(=O)N3CCOCC3)c2C(C)C)cc1. The number of nitrogens with zero attached hydrogens (tertiary/aromatic N) is 3. The summed E-state index contributed by atoms with van der Waals surface area (Å²) < 4.78 is 33.2. The summed E-state index contributed by atoms with van der Waals surface area (Å²) in [5.74, 6) is -0.386. The Kier molecular flexibility index (Phi) is 6.71. The van der Waals surface area contributed by atoms with Gasteiger partial charge in [-0.1, -0.05) is 31.5 Å². The molecular formula is C20H28N4O4S. The van der Waals surface area contributed by atoms with E-state index in [9.17, 15) is 13.2 Å². The van der Waals surface area contributed by atoms with E-state index in [0.29, 0.717) is 31.9 Å². The molecule has 1 aliphatic heterocycles. The second-order valence-corrected chi connectivity index (χ2v) is 9.52. The number of morpholine rings is 1. The lowest BCUT2D eigenvalue weighted by Crippen LogP contribution is -2.43. The van der Waals surface area contributed by atoms with Crippen LogP contribution in [0.3, 0.4) is 0 Å². The fourth-order valence-corrected chi connectivity index (χ4v) is 4.65. The zero-order valence-corrected chi connectivity index (χ0v) is 17.9. The highest BCUT2D eigenvalue weighted by molar-refractivity contribution is 7.89. The molecule has 0 spiro atoms. The number of hydrogen-bond acceptors (Lipinski definition) is 5. The quantitative estimate of drug-likeness (QED) is 0.736. The maximum Gasteiger partial charge on any atom is 0.254 e. The first-order chi connectivity index (χ1) is 13.8. The standard InChI is InChI=1S/C20H28N4O4S/c1-15(2)19-18(14-22-24(19)17-6-4-16(3)5-7-17)20(25)21-8-13-29(26,27)23-9-11-28-12-10-23/h4-7,14-15H,8-13H2,1-3H3,(H,21,25). The molecule has 0 atom stereocenters. The molecule has 1 N–H and O–H groups in total. The summed E-state index contributed by atoms with van der Waals surface area (Å²) >= 11 is 0. The van der Waals surface area contributed by atoms with E-state index < -0.39 is 10.0 Å². The Labute approximate surface area is 171 Å². The molecule has 8 nitrogen and oxygen atoms in total. The molecule has 1 aliphatic rings. The van der Waals surface area contributed by atoms with Crippen molar-refractivity contribution in [2.75, 3.05) is 38.6 Å². The van der Waals surface area contributed by atoms with Crippen molar-refractivity contribution in [1.82, 2.24) is 19.4 Å². The van der Waals surface area contributed by atoms with Crippen LogP contribution in [-0.4, -0.2) is 67.0 Å². The van der Waals surface area contributed by atoms with Gasteiger partial charge in [-0.25, -0.2) is 13.1 Å². The molecule has 1 aromatic heterocycles. The molecule has 0 bridgehead atoms. The van der Waals surface area contributed by atoms with Gasteiger partial charge >= 0.3 is 0 Å². The van der Waals surface area contributed by atoms with Gasteiger partial charge in [-0.3, -0.25) is 4.79 Å². The number of sulfonamides is 1. The average Bonchev–Trinajstić information content (AvgIpc) is 3.14. The molecule has 29 heavy (non-hydrogen) atoms. The molecule has 9 heteroatoms. The number of benzene rings is 1. The van der Waals surface area contributed by atoms with E-state index in [1.165, 1.54) is 4.31 Å². The fourth-order valence-electron chi connectivity index (χ4n) is 3.32. The van der Waals surface area contributed by atoms with E-state index in [2.05, 4.69) is 10.4 Å². The Morgan fingerprint density at radius 3 is 2.48 bits per heavy atom. The maximum absolute atomic E-state index is 12.7. The van der Waals surface area contributed by atoms with Gasteiger partial charge in [0.15, 0.2) is 0 Å². The third-order valence-corrected chi connectivity index (χ3v) is 6.76. The first kappa shape index (κ1) is 21.5. The topological polar surface area (TPSA) is 93.5 Å². The van der Waals surface area contributed by atoms with Gasteiger partial charge in [-0.15, -0.1) is 0 Å². The van der Waals surface area contributed by atoms with Gasteiger partial charge in [0.25, 0.3) is 5.91 Å². The van der Waals surface area contributed by atoms with E-state index in [1.807, 2.05) is 45.0 Å². The van der Waals surface area contributed by atoms with Crippen LogP contribution in [0.4, 0.5) is 0 Å². The van der Waals surface area contributed by atoms with Crippen molar-refractivity contribution in [3.63, 3.8) is 0 Å². The van der Waals surface area contributed by atoms with Gasteiger partial charge in [0.2, 0.25) is 10.0 Å². The van der Waals surface area contributed by atoms with Gasteiger partial charge in [-0.2, -0.15) is 9.40 Å². The first-order valence-corrected chi connectivity index (χ1v) is 11.4. The van der Waals surface area contributed by atoms with Crippen molar-refractivity contribution in [2.24, 2.45) is 0 Å². The zero-order valence-electron chi connectivity index (χ0n) is 17.1. The number of carbonyl (C=O) groups is 1. The Bertz CT molecular complexity index is 945. The summed E-state index contributed by atoms with van der Waals surface area (Å²) in [6.07, 6.45) is 1.54. The highest BCUT2D eigenvalue weighted by Gasteiger charge is 2.25. The van der Waals surface area contributed by atoms with Crippen molar-refractivity contribution in [1.29, 1.82) is 0 Å². The fraction of sp³-hybridized carbons (Fsp3) is 0.500. The third kappa shape index (κ3) is 5.04. The molecule has 2 heterocycles. The second-order valence-electron chi connectivity index (χ2n) is 7.43. The summed E-state index contributed by atoms with van der Waals surface area (Å²) in [4.78, 5) is 12.7. The van der Waals surface area contributed by atoms with Crippen LogP contribution in [0.1, 0.15) is 41.4 Å². The Morgan fingerprint density at radius 1 is 1.21 bits per heavy atom. The monoisotopic (exact) mass is 420 g/mol. The zero-order chi connectivity index (χ0) is 21.0. The van der Waals surface area contributed by atoms with Crippen LogP contribution < -0.4 is 5.32 Å². The van der Waals surface area contributed by atoms with Crippen molar-refractivity contribution in [2.45, 2.75) is 26.7 Å². The largest absolute Gasteiger partial charge is 0.379 e. The van der Waals surface area contributed by atoms with E-state index in [1.54, 1.807) is 10.9 Å². The van der Waals surface area contributed by atoms with Crippen LogP contribution in [0.2, 0.25) is 0 Å². The molecule has 1 fully saturated rings. The number of ether oxygens (including phenoxy) is 1. The Hall–Kier alpha value is -2.23. The van der Waals surface area contributed by atoms with E-state index in [-0.39, 0.29) is 24.1 Å². The van der Waals surface area contributed by atoms with Crippen molar-refractivity contribution < 1.29 is 17.9 Å². The maximum atomic E-state index is 12.7. The lowest BCUT2D eigenvalue weighted by molar-refractivity contribution is 0.0730. The Balaban J connectivity index is 1.70. The minimum absolute atomic E-state index is 0.0474. The van der Waals surface area contributed by atoms with Gasteiger partial charge in [0.1, 0.15) is 0 Å². The number of rotatable bonds is 7. The van der Waals surface area contributed by atoms with E-state index >= 15 is 0 Å². The normalized spacial score (nSPS) is 15.6. The average molecular weight is 421 g/mol. The van der Waals surface area contributed by atoms with Crippen LogP contribution >= 0.6 is 0 Å². The molecule has 2 aromatic rings. The number of hydrogen-bond donors (Lipinski definition) is 1.